The molecule has 0 aliphatic heterocycles. The molecule has 0 atom stereocenters. The van der Waals surface area contributed by atoms with Crippen LogP contribution in [-0.2, 0) is 21.7 Å². The summed E-state index contributed by atoms with van der Waals surface area (Å²) in [5.41, 5.74) is 0.510. The molecular formula is C18H17N3O6S2. The number of hydrogen-bond acceptors (Lipinski definition) is 7. The van der Waals surface area contributed by atoms with Crippen LogP contribution in [0.4, 0.5) is 5.69 Å². The minimum absolute atomic E-state index is 0.0608. The summed E-state index contributed by atoms with van der Waals surface area (Å²) >= 11 is 1.20. The summed E-state index contributed by atoms with van der Waals surface area (Å²) in [6.07, 6.45) is -0.275. The summed E-state index contributed by atoms with van der Waals surface area (Å²) in [5, 5.41) is 10.9. The van der Waals surface area contributed by atoms with Gasteiger partial charge in [0.25, 0.3) is 5.69 Å². The number of hydrogen-bond donors (Lipinski definition) is 0. The molecule has 1 heterocycles. The third-order valence-electron chi connectivity index (χ3n) is 4.23. The second-order valence-corrected chi connectivity index (χ2v) is 9.22. The molecule has 2 aromatic carbocycles. The number of fused-ring (bicyclic) bond motifs is 1. The van der Waals surface area contributed by atoms with Crippen LogP contribution in [0.3, 0.4) is 0 Å². The van der Waals surface area contributed by atoms with Crippen LogP contribution >= 0.6 is 11.3 Å². The Bertz CT molecular complexity index is 1260. The summed E-state index contributed by atoms with van der Waals surface area (Å²) < 4.78 is 32.1. The lowest BCUT2D eigenvalue weighted by Gasteiger charge is -2.04. The molecule has 3 rings (SSSR count). The van der Waals surface area contributed by atoms with Gasteiger partial charge in [0.05, 0.1) is 32.9 Å². The van der Waals surface area contributed by atoms with Crippen LogP contribution in [0.25, 0.3) is 10.2 Å². The molecule has 11 heteroatoms. The Morgan fingerprint density at radius 2 is 1.93 bits per heavy atom. The van der Waals surface area contributed by atoms with Gasteiger partial charge >= 0.3 is 0 Å². The van der Waals surface area contributed by atoms with Gasteiger partial charge in [0, 0.05) is 25.6 Å². The lowest BCUT2D eigenvalue weighted by molar-refractivity contribution is -0.384. The maximum absolute atomic E-state index is 12.4. The van der Waals surface area contributed by atoms with E-state index in [9.17, 15) is 23.3 Å². The minimum atomic E-state index is -3.64. The van der Waals surface area contributed by atoms with Crippen LogP contribution in [0.15, 0.2) is 52.4 Å². The second-order valence-electron chi connectivity index (χ2n) is 6.10. The van der Waals surface area contributed by atoms with Crippen molar-refractivity contribution in [2.75, 3.05) is 12.9 Å². The molecule has 1 amide bonds. The summed E-state index contributed by atoms with van der Waals surface area (Å²) in [4.78, 5) is 27.1. The molecule has 0 aliphatic rings. The van der Waals surface area contributed by atoms with Gasteiger partial charge in [-0.05, 0) is 30.3 Å². The molecular weight excluding hydrogens is 418 g/mol. The summed E-state index contributed by atoms with van der Waals surface area (Å²) in [6, 6.07) is 10.3. The minimum Gasteiger partial charge on any atom is -0.497 e. The van der Waals surface area contributed by atoms with Crippen molar-refractivity contribution in [2.45, 2.75) is 11.3 Å². The largest absolute Gasteiger partial charge is 0.497 e. The van der Waals surface area contributed by atoms with Crippen molar-refractivity contribution in [1.82, 2.24) is 4.57 Å². The second kappa shape index (κ2) is 8.13. The number of sulfone groups is 1. The van der Waals surface area contributed by atoms with Gasteiger partial charge in [-0.3, -0.25) is 14.9 Å². The molecule has 9 nitrogen and oxygen atoms in total. The monoisotopic (exact) mass is 435 g/mol. The van der Waals surface area contributed by atoms with E-state index >= 15 is 0 Å². The molecule has 0 unspecified atom stereocenters. The number of carbonyl (C=O) groups is 1. The number of non-ortho nitro benzene ring substituents is 1. The zero-order valence-electron chi connectivity index (χ0n) is 15.6. The Kier molecular flexibility index (Phi) is 5.80. The van der Waals surface area contributed by atoms with Crippen molar-refractivity contribution in [2.24, 2.45) is 12.0 Å². The van der Waals surface area contributed by atoms with Crippen molar-refractivity contribution in [3.8, 4) is 5.75 Å². The molecule has 0 radical (unpaired) electrons. The molecule has 1 aromatic heterocycles. The Balaban J connectivity index is 1.79. The Hall–Kier alpha value is -3.05. The van der Waals surface area contributed by atoms with Gasteiger partial charge in [0.2, 0.25) is 5.91 Å². The first-order valence-electron chi connectivity index (χ1n) is 8.39. The number of methoxy groups -OCH3 is 1. The number of rotatable bonds is 6. The van der Waals surface area contributed by atoms with Crippen LogP contribution in [0.1, 0.15) is 6.42 Å². The zero-order valence-corrected chi connectivity index (χ0v) is 17.2. The quantitative estimate of drug-likeness (QED) is 0.433. The molecule has 0 bridgehead atoms. The molecule has 0 spiro atoms. The van der Waals surface area contributed by atoms with Gasteiger partial charge < -0.3 is 9.30 Å². The van der Waals surface area contributed by atoms with Gasteiger partial charge in [-0.25, -0.2) is 8.42 Å². The van der Waals surface area contributed by atoms with Crippen molar-refractivity contribution < 1.29 is 22.9 Å². The first-order chi connectivity index (χ1) is 13.7. The van der Waals surface area contributed by atoms with Gasteiger partial charge in [-0.2, -0.15) is 4.99 Å². The van der Waals surface area contributed by atoms with Crippen LogP contribution < -0.4 is 9.54 Å². The number of thiazole rings is 1. The first kappa shape index (κ1) is 20.7. The van der Waals surface area contributed by atoms with E-state index < -0.39 is 20.7 Å². The highest BCUT2D eigenvalue weighted by molar-refractivity contribution is 7.91. The van der Waals surface area contributed by atoms with Crippen LogP contribution in [-0.4, -0.2) is 36.7 Å². The summed E-state index contributed by atoms with van der Waals surface area (Å²) in [5.74, 6) is -0.423. The molecule has 0 fully saturated rings. The van der Waals surface area contributed by atoms with Gasteiger partial charge in [-0.1, -0.05) is 11.3 Å². The van der Waals surface area contributed by atoms with E-state index in [1.165, 1.54) is 54.8 Å². The van der Waals surface area contributed by atoms with E-state index in [0.29, 0.717) is 16.1 Å². The number of aryl methyl sites for hydroxylation is 1. The topological polar surface area (TPSA) is 121 Å². The average Bonchev–Trinajstić information content (AvgIpc) is 3.01. The van der Waals surface area contributed by atoms with E-state index in [1.54, 1.807) is 17.7 Å². The number of carbonyl (C=O) groups excluding carboxylic acids is 1. The lowest BCUT2D eigenvalue weighted by Crippen LogP contribution is -2.16. The van der Waals surface area contributed by atoms with E-state index in [4.69, 9.17) is 4.74 Å². The van der Waals surface area contributed by atoms with E-state index in [1.807, 2.05) is 0 Å². The normalized spacial score (nSPS) is 12.3. The first-order valence-corrected chi connectivity index (χ1v) is 10.9. The van der Waals surface area contributed by atoms with Crippen molar-refractivity contribution in [1.29, 1.82) is 0 Å². The number of nitrogens with zero attached hydrogens (tertiary/aromatic N) is 3. The van der Waals surface area contributed by atoms with E-state index in [2.05, 4.69) is 4.99 Å². The van der Waals surface area contributed by atoms with Gasteiger partial charge in [0.1, 0.15) is 5.75 Å². The maximum Gasteiger partial charge on any atom is 0.271 e. The van der Waals surface area contributed by atoms with Gasteiger partial charge in [0.15, 0.2) is 14.6 Å². The number of aromatic nitrogens is 1. The predicted molar refractivity (Wildman–Crippen MR) is 108 cm³/mol. The SMILES string of the molecule is COc1ccc(S(=O)(=O)CCC(=O)N=c2sc3ccc([N+](=O)[O-])cc3n2C)cc1. The third kappa shape index (κ3) is 4.51. The fourth-order valence-corrected chi connectivity index (χ4v) is 4.87. The predicted octanol–water partition coefficient (Wildman–Crippen LogP) is 2.45. The summed E-state index contributed by atoms with van der Waals surface area (Å²) in [6.45, 7) is 0. The standard InChI is InChI=1S/C18H17N3O6S2/c1-20-15-11-12(21(23)24)3-8-16(15)28-18(20)19-17(22)9-10-29(25,26)14-6-4-13(27-2)5-7-14/h3-8,11H,9-10H2,1-2H3. The zero-order chi connectivity index (χ0) is 21.2. The Labute approximate surface area is 170 Å². The van der Waals surface area contributed by atoms with Crippen molar-refractivity contribution in [3.63, 3.8) is 0 Å². The number of nitro groups is 1. The van der Waals surface area contributed by atoms with E-state index in [0.717, 1.165) is 4.70 Å². The van der Waals surface area contributed by atoms with Crippen LogP contribution in [0, 0.1) is 10.1 Å². The maximum atomic E-state index is 12.4. The highest BCUT2D eigenvalue weighted by Crippen LogP contribution is 2.22. The molecule has 0 aliphatic carbocycles. The fraction of sp³-hybridized carbons (Fsp3) is 0.222. The lowest BCUT2D eigenvalue weighted by atomic mass is 10.3. The summed E-state index contributed by atoms with van der Waals surface area (Å²) in [7, 11) is -0.514. The van der Waals surface area contributed by atoms with Crippen molar-refractivity contribution in [3.05, 3.63) is 57.4 Å². The van der Waals surface area contributed by atoms with Crippen LogP contribution in [0.5, 0.6) is 5.75 Å². The average molecular weight is 435 g/mol. The highest BCUT2D eigenvalue weighted by Gasteiger charge is 2.17. The number of ether oxygens (including phenoxy) is 1. The Morgan fingerprint density at radius 3 is 2.55 bits per heavy atom. The number of amides is 1. The molecule has 0 N–H and O–H groups in total. The molecule has 29 heavy (non-hydrogen) atoms. The van der Waals surface area contributed by atoms with Crippen LogP contribution in [0.2, 0.25) is 0 Å². The molecule has 152 valence electrons. The molecule has 3 aromatic rings. The molecule has 0 saturated heterocycles. The van der Waals surface area contributed by atoms with Gasteiger partial charge in [-0.15, -0.1) is 0 Å². The fourth-order valence-electron chi connectivity index (χ4n) is 2.62. The molecule has 0 saturated carbocycles. The number of benzene rings is 2. The Morgan fingerprint density at radius 1 is 1.24 bits per heavy atom. The highest BCUT2D eigenvalue weighted by atomic mass is 32.2. The number of nitro benzene ring substituents is 1. The van der Waals surface area contributed by atoms with E-state index in [-0.39, 0.29) is 22.8 Å². The smallest absolute Gasteiger partial charge is 0.271 e. The van der Waals surface area contributed by atoms with Crippen molar-refractivity contribution >= 4 is 43.0 Å². The third-order valence-corrected chi connectivity index (χ3v) is 7.07.